The van der Waals surface area contributed by atoms with E-state index in [9.17, 15) is 9.90 Å². The molecule has 0 radical (unpaired) electrons. The number of aryl methyl sites for hydroxylation is 2. The van der Waals surface area contributed by atoms with Crippen LogP contribution in [0.2, 0.25) is 0 Å². The van der Waals surface area contributed by atoms with Gasteiger partial charge in [0.2, 0.25) is 5.91 Å². The van der Waals surface area contributed by atoms with Crippen molar-refractivity contribution in [3.63, 3.8) is 0 Å². The maximum Gasteiger partial charge on any atom is 0.224 e. The van der Waals surface area contributed by atoms with Crippen LogP contribution in [0.25, 0.3) is 0 Å². The Hall–Kier alpha value is -1.36. The number of carbonyl (C=O) groups excluding carboxylic acids is 1. The molecule has 1 rings (SSSR count). The van der Waals surface area contributed by atoms with E-state index < -0.39 is 5.60 Å². The molecular weight excluding hydrogens is 242 g/mol. The van der Waals surface area contributed by atoms with E-state index in [1.807, 2.05) is 34.7 Å². The topological polar surface area (TPSA) is 67.2 Å². The van der Waals surface area contributed by atoms with Crippen molar-refractivity contribution >= 4 is 5.91 Å². The average molecular weight is 267 g/mol. The second-order valence-corrected chi connectivity index (χ2v) is 5.16. The largest absolute Gasteiger partial charge is 0.388 e. The quantitative estimate of drug-likeness (QED) is 0.815. The zero-order chi connectivity index (χ0) is 14.6. The van der Waals surface area contributed by atoms with Crippen molar-refractivity contribution in [2.45, 2.75) is 52.6 Å². The Morgan fingerprint density at radius 3 is 2.37 bits per heavy atom. The van der Waals surface area contributed by atoms with Crippen LogP contribution in [-0.2, 0) is 18.3 Å². The second kappa shape index (κ2) is 6.19. The molecule has 0 bridgehead atoms. The third kappa shape index (κ3) is 3.80. The van der Waals surface area contributed by atoms with Gasteiger partial charge in [-0.3, -0.25) is 9.48 Å². The second-order valence-electron chi connectivity index (χ2n) is 5.16. The van der Waals surface area contributed by atoms with E-state index in [-0.39, 0.29) is 5.91 Å². The van der Waals surface area contributed by atoms with Crippen molar-refractivity contribution in [1.82, 2.24) is 15.1 Å². The zero-order valence-corrected chi connectivity index (χ0v) is 12.6. The summed E-state index contributed by atoms with van der Waals surface area (Å²) in [6, 6.07) is 0. The maximum absolute atomic E-state index is 11.9. The minimum absolute atomic E-state index is 0.0699. The number of nitrogens with zero attached hydrogens (tertiary/aromatic N) is 2. The molecule has 1 heterocycles. The van der Waals surface area contributed by atoms with Crippen LogP contribution in [0.4, 0.5) is 0 Å². The van der Waals surface area contributed by atoms with Crippen molar-refractivity contribution in [1.29, 1.82) is 0 Å². The molecule has 0 saturated carbocycles. The minimum Gasteiger partial charge on any atom is -0.388 e. The molecular formula is C14H25N3O2. The van der Waals surface area contributed by atoms with Gasteiger partial charge in [0.25, 0.3) is 0 Å². The summed E-state index contributed by atoms with van der Waals surface area (Å²) >= 11 is 0. The molecule has 2 N–H and O–H groups in total. The van der Waals surface area contributed by atoms with E-state index in [0.717, 1.165) is 17.0 Å². The normalized spacial score (nSPS) is 11.7. The van der Waals surface area contributed by atoms with E-state index in [1.165, 1.54) is 0 Å². The van der Waals surface area contributed by atoms with Crippen LogP contribution in [0.15, 0.2) is 0 Å². The molecule has 0 fully saturated rings. The summed E-state index contributed by atoms with van der Waals surface area (Å²) < 4.78 is 1.78. The first-order chi connectivity index (χ1) is 8.83. The van der Waals surface area contributed by atoms with Gasteiger partial charge < -0.3 is 10.4 Å². The van der Waals surface area contributed by atoms with E-state index in [0.29, 0.717) is 25.8 Å². The van der Waals surface area contributed by atoms with E-state index in [2.05, 4.69) is 10.4 Å². The SMILES string of the molecule is CCC(O)(CC)CNC(=O)Cc1c(C)nn(C)c1C. The van der Waals surface area contributed by atoms with Crippen LogP contribution in [-0.4, -0.2) is 32.9 Å². The lowest BCUT2D eigenvalue weighted by atomic mass is 9.97. The van der Waals surface area contributed by atoms with Gasteiger partial charge in [-0.25, -0.2) is 0 Å². The van der Waals surface area contributed by atoms with E-state index >= 15 is 0 Å². The first kappa shape index (κ1) is 15.7. The van der Waals surface area contributed by atoms with Gasteiger partial charge in [0.05, 0.1) is 17.7 Å². The third-order valence-corrected chi connectivity index (χ3v) is 3.93. The van der Waals surface area contributed by atoms with Crippen LogP contribution in [0.5, 0.6) is 0 Å². The monoisotopic (exact) mass is 267 g/mol. The fraction of sp³-hybridized carbons (Fsp3) is 0.714. The Balaban J connectivity index is 2.61. The fourth-order valence-electron chi connectivity index (χ4n) is 2.06. The number of rotatable bonds is 6. The maximum atomic E-state index is 11.9. The first-order valence-electron chi connectivity index (χ1n) is 6.81. The smallest absolute Gasteiger partial charge is 0.224 e. The molecule has 0 aliphatic carbocycles. The van der Waals surface area contributed by atoms with Crippen LogP contribution in [0.3, 0.4) is 0 Å². The van der Waals surface area contributed by atoms with Crippen molar-refractivity contribution in [3.05, 3.63) is 17.0 Å². The van der Waals surface area contributed by atoms with Crippen LogP contribution < -0.4 is 5.32 Å². The molecule has 1 aromatic heterocycles. The summed E-state index contributed by atoms with van der Waals surface area (Å²) in [7, 11) is 1.87. The molecule has 0 saturated heterocycles. The highest BCUT2D eigenvalue weighted by atomic mass is 16.3. The van der Waals surface area contributed by atoms with Crippen molar-refractivity contribution in [3.8, 4) is 0 Å². The third-order valence-electron chi connectivity index (χ3n) is 3.93. The zero-order valence-electron chi connectivity index (χ0n) is 12.6. The molecule has 5 heteroatoms. The van der Waals surface area contributed by atoms with Crippen LogP contribution >= 0.6 is 0 Å². The highest BCUT2D eigenvalue weighted by molar-refractivity contribution is 5.79. The Morgan fingerprint density at radius 1 is 1.37 bits per heavy atom. The van der Waals surface area contributed by atoms with Crippen molar-refractivity contribution in [2.75, 3.05) is 6.54 Å². The molecule has 0 aromatic carbocycles. The van der Waals surface area contributed by atoms with Crippen molar-refractivity contribution < 1.29 is 9.90 Å². The van der Waals surface area contributed by atoms with Gasteiger partial charge in [-0.15, -0.1) is 0 Å². The Morgan fingerprint density at radius 2 is 1.95 bits per heavy atom. The van der Waals surface area contributed by atoms with Gasteiger partial charge in [0, 0.05) is 24.8 Å². The summed E-state index contributed by atoms with van der Waals surface area (Å²) in [6.45, 7) is 8.01. The van der Waals surface area contributed by atoms with Gasteiger partial charge >= 0.3 is 0 Å². The Labute approximate surface area is 115 Å². The number of nitrogens with one attached hydrogen (secondary N) is 1. The number of carbonyl (C=O) groups is 1. The van der Waals surface area contributed by atoms with E-state index in [4.69, 9.17) is 0 Å². The molecule has 5 nitrogen and oxygen atoms in total. The molecule has 0 aliphatic heterocycles. The van der Waals surface area contributed by atoms with Gasteiger partial charge in [-0.05, 0) is 26.7 Å². The molecule has 0 atom stereocenters. The summed E-state index contributed by atoms with van der Waals surface area (Å²) in [6.07, 6.45) is 1.58. The van der Waals surface area contributed by atoms with Gasteiger partial charge in [-0.1, -0.05) is 13.8 Å². The van der Waals surface area contributed by atoms with Crippen LogP contribution in [0, 0.1) is 13.8 Å². The highest BCUT2D eigenvalue weighted by Gasteiger charge is 2.23. The van der Waals surface area contributed by atoms with Gasteiger partial charge in [0.1, 0.15) is 0 Å². The fourth-order valence-corrected chi connectivity index (χ4v) is 2.06. The highest BCUT2D eigenvalue weighted by Crippen LogP contribution is 2.14. The lowest BCUT2D eigenvalue weighted by Crippen LogP contribution is -2.42. The number of aromatic nitrogens is 2. The van der Waals surface area contributed by atoms with Gasteiger partial charge in [0.15, 0.2) is 0 Å². The first-order valence-corrected chi connectivity index (χ1v) is 6.81. The summed E-state index contributed by atoms with van der Waals surface area (Å²) in [5.74, 6) is -0.0699. The molecule has 1 aromatic rings. The van der Waals surface area contributed by atoms with Gasteiger partial charge in [-0.2, -0.15) is 5.10 Å². The number of hydrogen-bond acceptors (Lipinski definition) is 3. The average Bonchev–Trinajstić information content (AvgIpc) is 2.63. The number of hydrogen-bond donors (Lipinski definition) is 2. The Kier molecular flexibility index (Phi) is 5.11. The predicted octanol–water partition coefficient (Wildman–Crippen LogP) is 1.25. The standard InChI is InChI=1S/C14H25N3O2/c1-6-14(19,7-2)9-15-13(18)8-12-10(3)16-17(5)11(12)4/h19H,6-9H2,1-5H3,(H,15,18). The van der Waals surface area contributed by atoms with Crippen molar-refractivity contribution in [2.24, 2.45) is 7.05 Å². The lowest BCUT2D eigenvalue weighted by Gasteiger charge is -2.25. The molecule has 108 valence electrons. The molecule has 1 amide bonds. The minimum atomic E-state index is -0.797. The molecule has 0 aliphatic rings. The molecule has 0 unspecified atom stereocenters. The molecule has 19 heavy (non-hydrogen) atoms. The summed E-state index contributed by atoms with van der Waals surface area (Å²) in [5, 5.41) is 17.2. The van der Waals surface area contributed by atoms with E-state index in [1.54, 1.807) is 4.68 Å². The summed E-state index contributed by atoms with van der Waals surface area (Å²) in [5.41, 5.74) is 2.07. The molecule has 0 spiro atoms. The summed E-state index contributed by atoms with van der Waals surface area (Å²) in [4.78, 5) is 11.9. The number of amides is 1. The Bertz CT molecular complexity index is 448. The van der Waals surface area contributed by atoms with Crippen LogP contribution in [0.1, 0.15) is 43.6 Å². The lowest BCUT2D eigenvalue weighted by molar-refractivity contribution is -0.121. The predicted molar refractivity (Wildman–Crippen MR) is 74.9 cm³/mol. The number of aliphatic hydroxyl groups is 1.